The van der Waals surface area contributed by atoms with E-state index in [1.165, 1.54) is 0 Å². The number of amidine groups is 1. The van der Waals surface area contributed by atoms with Crippen LogP contribution < -0.4 is 4.72 Å². The van der Waals surface area contributed by atoms with Crippen LogP contribution in [0.5, 0.6) is 0 Å². The van der Waals surface area contributed by atoms with Crippen molar-refractivity contribution in [3.05, 3.63) is 29.8 Å². The minimum atomic E-state index is -3.41. The van der Waals surface area contributed by atoms with Crippen LogP contribution in [0.4, 0.5) is 0 Å². The summed E-state index contributed by atoms with van der Waals surface area (Å²) in [7, 11) is -3.41. The van der Waals surface area contributed by atoms with Crippen molar-refractivity contribution in [1.29, 1.82) is 0 Å². The van der Waals surface area contributed by atoms with E-state index >= 15 is 0 Å². The van der Waals surface area contributed by atoms with E-state index in [9.17, 15) is 8.42 Å². The smallest absolute Gasteiger partial charge is 0.263 e. The molecule has 4 nitrogen and oxygen atoms in total. The van der Waals surface area contributed by atoms with E-state index in [2.05, 4.69) is 23.6 Å². The Kier molecular flexibility index (Phi) is 3.12. The van der Waals surface area contributed by atoms with Gasteiger partial charge in [0.05, 0.1) is 10.9 Å². The zero-order valence-electron chi connectivity index (χ0n) is 11.9. The van der Waals surface area contributed by atoms with Crippen molar-refractivity contribution < 1.29 is 8.42 Å². The van der Waals surface area contributed by atoms with Crippen molar-refractivity contribution in [3.8, 4) is 0 Å². The van der Waals surface area contributed by atoms with Gasteiger partial charge in [0.1, 0.15) is 5.84 Å². The van der Waals surface area contributed by atoms with Crippen molar-refractivity contribution in [2.75, 3.05) is 0 Å². The SMILES string of the molecule is CC1(C)CCC(N=C2NS(=O)(=O)c3ccccc32)CC1. The Morgan fingerprint density at radius 2 is 1.85 bits per heavy atom. The van der Waals surface area contributed by atoms with Crippen LogP contribution in [0.3, 0.4) is 0 Å². The summed E-state index contributed by atoms with van der Waals surface area (Å²) in [5.41, 5.74) is 1.10. The number of benzene rings is 1. The summed E-state index contributed by atoms with van der Waals surface area (Å²) in [4.78, 5) is 5.01. The summed E-state index contributed by atoms with van der Waals surface area (Å²) in [6, 6.07) is 7.26. The highest BCUT2D eigenvalue weighted by Gasteiger charge is 2.32. The normalized spacial score (nSPS) is 26.2. The summed E-state index contributed by atoms with van der Waals surface area (Å²) >= 11 is 0. The van der Waals surface area contributed by atoms with Gasteiger partial charge in [0, 0.05) is 5.56 Å². The third-order valence-electron chi connectivity index (χ3n) is 4.28. The average Bonchev–Trinajstić information content (AvgIpc) is 2.65. The number of aliphatic imine (C=N–C) groups is 1. The molecule has 0 bridgehead atoms. The van der Waals surface area contributed by atoms with E-state index in [1.807, 2.05) is 12.1 Å². The van der Waals surface area contributed by atoms with Crippen molar-refractivity contribution in [2.45, 2.75) is 50.5 Å². The summed E-state index contributed by atoms with van der Waals surface area (Å²) in [6.07, 6.45) is 4.34. The Hall–Kier alpha value is -1.36. The van der Waals surface area contributed by atoms with Crippen molar-refractivity contribution in [3.63, 3.8) is 0 Å². The minimum Gasteiger partial charge on any atom is -0.264 e. The van der Waals surface area contributed by atoms with Gasteiger partial charge in [-0.3, -0.25) is 9.71 Å². The molecule has 0 unspecified atom stereocenters. The summed E-state index contributed by atoms with van der Waals surface area (Å²) in [5.74, 6) is 0.519. The van der Waals surface area contributed by atoms with Gasteiger partial charge in [-0.1, -0.05) is 26.0 Å². The molecule has 5 heteroatoms. The first-order chi connectivity index (χ1) is 9.37. The predicted octanol–water partition coefficient (Wildman–Crippen LogP) is 2.69. The van der Waals surface area contributed by atoms with E-state index in [0.29, 0.717) is 21.7 Å². The zero-order chi connectivity index (χ0) is 14.4. The Morgan fingerprint density at radius 1 is 1.20 bits per heavy atom. The van der Waals surface area contributed by atoms with E-state index in [0.717, 1.165) is 25.7 Å². The highest BCUT2D eigenvalue weighted by Crippen LogP contribution is 2.36. The molecule has 1 aromatic carbocycles. The van der Waals surface area contributed by atoms with Crippen LogP contribution in [0.1, 0.15) is 45.1 Å². The molecule has 2 aliphatic rings. The topological polar surface area (TPSA) is 58.5 Å². The van der Waals surface area contributed by atoms with Crippen molar-refractivity contribution >= 4 is 15.9 Å². The van der Waals surface area contributed by atoms with Crippen LogP contribution in [0.2, 0.25) is 0 Å². The quantitative estimate of drug-likeness (QED) is 0.865. The fraction of sp³-hybridized carbons (Fsp3) is 0.533. The zero-order valence-corrected chi connectivity index (χ0v) is 12.7. The number of nitrogens with one attached hydrogen (secondary N) is 1. The first-order valence-electron chi connectivity index (χ1n) is 7.07. The standard InChI is InChI=1S/C15H20N2O2S/c1-15(2)9-7-11(8-10-15)16-14-12-5-3-4-6-13(12)20(18,19)17-14/h3-6,11H,7-10H2,1-2H3,(H,16,17). The molecule has 108 valence electrons. The molecular formula is C15H20N2O2S. The summed E-state index contributed by atoms with van der Waals surface area (Å²) in [5, 5.41) is 0. The highest BCUT2D eigenvalue weighted by atomic mass is 32.2. The number of rotatable bonds is 1. The van der Waals surface area contributed by atoms with Gasteiger partial charge in [0.25, 0.3) is 10.0 Å². The molecule has 1 aliphatic carbocycles. The van der Waals surface area contributed by atoms with Crippen LogP contribution in [-0.4, -0.2) is 20.3 Å². The third-order valence-corrected chi connectivity index (χ3v) is 5.68. The summed E-state index contributed by atoms with van der Waals surface area (Å²) in [6.45, 7) is 4.56. The minimum absolute atomic E-state index is 0.229. The fourth-order valence-corrected chi connectivity index (χ4v) is 4.16. The molecular weight excluding hydrogens is 272 g/mol. The molecule has 0 saturated heterocycles. The van der Waals surface area contributed by atoms with Gasteiger partial charge in [0.2, 0.25) is 0 Å². The lowest BCUT2D eigenvalue weighted by Gasteiger charge is -2.32. The molecule has 1 aliphatic heterocycles. The number of fused-ring (bicyclic) bond motifs is 1. The highest BCUT2D eigenvalue weighted by molar-refractivity contribution is 7.90. The van der Waals surface area contributed by atoms with Gasteiger partial charge in [-0.2, -0.15) is 0 Å². The van der Waals surface area contributed by atoms with Crippen LogP contribution >= 0.6 is 0 Å². The summed E-state index contributed by atoms with van der Waals surface area (Å²) < 4.78 is 26.6. The molecule has 0 atom stereocenters. The third kappa shape index (κ3) is 2.46. The van der Waals surface area contributed by atoms with Crippen LogP contribution in [0.25, 0.3) is 0 Å². The van der Waals surface area contributed by atoms with Gasteiger partial charge in [-0.15, -0.1) is 0 Å². The second kappa shape index (κ2) is 4.58. The Balaban J connectivity index is 1.88. The van der Waals surface area contributed by atoms with E-state index in [1.54, 1.807) is 12.1 Å². The number of nitrogens with zero attached hydrogens (tertiary/aromatic N) is 1. The lowest BCUT2D eigenvalue weighted by atomic mass is 9.76. The van der Waals surface area contributed by atoms with Gasteiger partial charge < -0.3 is 0 Å². The van der Waals surface area contributed by atoms with E-state index in [4.69, 9.17) is 0 Å². The number of hydrogen-bond acceptors (Lipinski definition) is 3. The first-order valence-corrected chi connectivity index (χ1v) is 8.56. The first kappa shape index (κ1) is 13.6. The van der Waals surface area contributed by atoms with Crippen LogP contribution in [0, 0.1) is 5.41 Å². The van der Waals surface area contributed by atoms with Gasteiger partial charge in [0.15, 0.2) is 0 Å². The van der Waals surface area contributed by atoms with Crippen LogP contribution in [-0.2, 0) is 10.0 Å². The second-order valence-electron chi connectivity index (χ2n) is 6.47. The lowest BCUT2D eigenvalue weighted by molar-refractivity contribution is 0.226. The van der Waals surface area contributed by atoms with E-state index < -0.39 is 10.0 Å². The maximum atomic E-state index is 12.0. The Morgan fingerprint density at radius 3 is 2.55 bits per heavy atom. The van der Waals surface area contributed by atoms with E-state index in [-0.39, 0.29) is 6.04 Å². The fourth-order valence-electron chi connectivity index (χ4n) is 2.93. The average molecular weight is 292 g/mol. The molecule has 0 aromatic heterocycles. The lowest BCUT2D eigenvalue weighted by Crippen LogP contribution is -2.27. The Bertz CT molecular complexity index is 652. The Labute approximate surface area is 120 Å². The molecule has 1 N–H and O–H groups in total. The number of hydrogen-bond donors (Lipinski definition) is 1. The molecule has 1 saturated carbocycles. The van der Waals surface area contributed by atoms with Gasteiger partial charge in [-0.05, 0) is 43.2 Å². The monoisotopic (exact) mass is 292 g/mol. The molecule has 3 rings (SSSR count). The molecule has 20 heavy (non-hydrogen) atoms. The number of sulfonamides is 1. The second-order valence-corrected chi connectivity index (χ2v) is 8.13. The van der Waals surface area contributed by atoms with Crippen LogP contribution in [0.15, 0.2) is 34.2 Å². The molecule has 0 amide bonds. The largest absolute Gasteiger partial charge is 0.264 e. The van der Waals surface area contributed by atoms with Gasteiger partial charge in [-0.25, -0.2) is 8.42 Å². The molecule has 0 spiro atoms. The molecule has 1 aromatic rings. The predicted molar refractivity (Wildman–Crippen MR) is 79.3 cm³/mol. The van der Waals surface area contributed by atoms with Gasteiger partial charge >= 0.3 is 0 Å². The molecule has 1 heterocycles. The maximum Gasteiger partial charge on any atom is 0.263 e. The molecule has 0 radical (unpaired) electrons. The van der Waals surface area contributed by atoms with Crippen molar-refractivity contribution in [2.24, 2.45) is 10.4 Å². The maximum absolute atomic E-state index is 12.0. The van der Waals surface area contributed by atoms with Crippen molar-refractivity contribution in [1.82, 2.24) is 4.72 Å². The molecule has 1 fully saturated rings.